The van der Waals surface area contributed by atoms with Crippen LogP contribution in [-0.4, -0.2) is 14.5 Å². The van der Waals surface area contributed by atoms with Crippen molar-refractivity contribution in [2.24, 2.45) is 0 Å². The number of nitrogens with zero attached hydrogens (tertiary/aromatic N) is 4. The summed E-state index contributed by atoms with van der Waals surface area (Å²) in [4.78, 5) is 10.6. The molecule has 0 amide bonds. The van der Waals surface area contributed by atoms with E-state index in [1.165, 1.54) is 21.9 Å². The van der Waals surface area contributed by atoms with Crippen molar-refractivity contribution in [3.05, 3.63) is 273 Å². The molecule has 0 aliphatic heterocycles. The van der Waals surface area contributed by atoms with E-state index in [4.69, 9.17) is 14.5 Å². The largest absolute Gasteiger partial charge is 0.316 e. The van der Waals surface area contributed by atoms with Gasteiger partial charge in [0.2, 0.25) is 0 Å². The van der Waals surface area contributed by atoms with E-state index in [-0.39, 0.29) is 0 Å². The normalized spacial score (nSPS) is 11.5. The molecule has 0 bridgehead atoms. The third kappa shape index (κ3) is 7.54. The summed E-state index contributed by atoms with van der Waals surface area (Å²) in [7, 11) is 0. The Balaban J connectivity index is 1.11. The number of para-hydroxylation sites is 1. The summed E-state index contributed by atoms with van der Waals surface area (Å²) in [6, 6.07) is 97.4. The van der Waals surface area contributed by atoms with Crippen LogP contribution in [0.15, 0.2) is 278 Å². The Labute approximate surface area is 428 Å². The molecule has 346 valence electrons. The zero-order valence-corrected chi connectivity index (χ0v) is 40.2. The summed E-state index contributed by atoms with van der Waals surface area (Å²) in [6.07, 6.45) is 0. The van der Waals surface area contributed by atoms with E-state index < -0.39 is 0 Å². The lowest BCUT2D eigenvalue weighted by atomic mass is 9.91. The van der Waals surface area contributed by atoms with Gasteiger partial charge in [0.15, 0.2) is 5.58 Å². The minimum atomic E-state index is 0.615. The predicted molar refractivity (Wildman–Crippen MR) is 303 cm³/mol. The summed E-state index contributed by atoms with van der Waals surface area (Å²) in [5, 5.41) is 3.25. The Kier molecular flexibility index (Phi) is 10.4. The first kappa shape index (κ1) is 42.9. The molecule has 0 aliphatic rings. The van der Waals surface area contributed by atoms with E-state index in [0.29, 0.717) is 17.3 Å². The number of aromatic nitrogens is 4. The molecule has 0 unspecified atom stereocenters. The molecule has 0 radical (unpaired) electrons. The van der Waals surface area contributed by atoms with Crippen LogP contribution in [0, 0.1) is 0 Å². The highest BCUT2D eigenvalue weighted by Gasteiger charge is 2.29. The van der Waals surface area contributed by atoms with Gasteiger partial charge in [-0.25, -0.2) is 0 Å². The molecule has 0 aliphatic carbocycles. The monoisotopic (exact) mass is 945 g/mol. The molecule has 0 spiro atoms. The minimum Gasteiger partial charge on any atom is -0.316 e. The van der Waals surface area contributed by atoms with Crippen LogP contribution in [0.3, 0.4) is 0 Å². The quantitative estimate of drug-likeness (QED) is 0.135. The summed E-state index contributed by atoms with van der Waals surface area (Å²) in [5.74, 6) is 1.26. The highest BCUT2D eigenvalue weighted by Crippen LogP contribution is 2.46. The molecule has 14 rings (SSSR count). The van der Waals surface area contributed by atoms with E-state index in [0.717, 1.165) is 94.5 Å². The molecule has 3 aromatic heterocycles. The smallest absolute Gasteiger partial charge is 0.316 e. The molecule has 3 heterocycles. The Bertz CT molecular complexity index is 4160. The van der Waals surface area contributed by atoms with Crippen molar-refractivity contribution in [2.45, 2.75) is 0 Å². The van der Waals surface area contributed by atoms with Crippen LogP contribution in [0.5, 0.6) is 0 Å². The maximum atomic E-state index is 6.75. The van der Waals surface area contributed by atoms with Crippen molar-refractivity contribution in [3.63, 3.8) is 0 Å². The standard InChI is InChI=1S/C69H45N4O/c1-6-18-46(19-7-1)50-30-34-52(35-31-50)59-44-57(68-70-67(54-26-14-5-15-27-54)71-69-58-28-16-17-29-65(58)74-73(68)69)45-60(53-36-32-51(33-37-53)47-20-8-2-9-21-47)66(59)72-63-40-38-55(48-22-10-3-11-23-48)42-61(63)62-43-56(39-41-64(62)72)49-24-12-4-13-25-49/h1-45H/q+1. The maximum Gasteiger partial charge on any atom is 0.316 e. The second kappa shape index (κ2) is 18.0. The fourth-order valence-corrected chi connectivity index (χ4v) is 10.7. The van der Waals surface area contributed by atoms with Crippen LogP contribution in [-0.2, 0) is 0 Å². The number of fused-ring (bicyclic) bond motifs is 6. The molecule has 5 nitrogen and oxygen atoms in total. The highest BCUT2D eigenvalue weighted by atomic mass is 16.5. The van der Waals surface area contributed by atoms with Crippen molar-refractivity contribution in [1.82, 2.24) is 14.5 Å². The first-order chi connectivity index (χ1) is 36.7. The van der Waals surface area contributed by atoms with Gasteiger partial charge in [-0.05, 0) is 121 Å². The summed E-state index contributed by atoms with van der Waals surface area (Å²) >= 11 is 0. The van der Waals surface area contributed by atoms with Crippen molar-refractivity contribution in [2.75, 3.05) is 0 Å². The Morgan fingerprint density at radius 3 is 1.15 bits per heavy atom. The first-order valence-corrected chi connectivity index (χ1v) is 25.1. The predicted octanol–water partition coefficient (Wildman–Crippen LogP) is 17.4. The minimum absolute atomic E-state index is 0.615. The lowest BCUT2D eigenvalue weighted by molar-refractivity contribution is -0.706. The Hall–Kier alpha value is -9.97. The fraction of sp³-hybridized carbons (Fsp3) is 0. The fourth-order valence-electron chi connectivity index (χ4n) is 10.7. The van der Waals surface area contributed by atoms with Gasteiger partial charge in [-0.1, -0.05) is 222 Å². The van der Waals surface area contributed by atoms with Gasteiger partial charge in [-0.15, -0.1) is 0 Å². The lowest BCUT2D eigenvalue weighted by Crippen LogP contribution is -2.25. The van der Waals surface area contributed by atoms with Crippen LogP contribution >= 0.6 is 0 Å². The Morgan fingerprint density at radius 2 is 0.676 bits per heavy atom. The van der Waals surface area contributed by atoms with E-state index >= 15 is 0 Å². The number of benzene rings is 11. The molecule has 0 saturated carbocycles. The third-order valence-electron chi connectivity index (χ3n) is 14.3. The Morgan fingerprint density at radius 1 is 0.297 bits per heavy atom. The topological polar surface area (TPSA) is 48.0 Å². The second-order valence-electron chi connectivity index (χ2n) is 18.8. The van der Waals surface area contributed by atoms with E-state index in [1.54, 1.807) is 0 Å². The van der Waals surface area contributed by atoms with Crippen molar-refractivity contribution < 1.29 is 9.10 Å². The molecular weight excluding hydrogens is 901 g/mol. The average Bonchev–Trinajstić information content (AvgIpc) is 4.03. The molecule has 0 N–H and O–H groups in total. The number of rotatable bonds is 9. The van der Waals surface area contributed by atoms with Crippen LogP contribution in [0.25, 0.3) is 134 Å². The maximum absolute atomic E-state index is 6.75. The summed E-state index contributed by atoms with van der Waals surface area (Å²) in [6.45, 7) is 0. The van der Waals surface area contributed by atoms with Crippen molar-refractivity contribution in [3.8, 4) is 95.2 Å². The van der Waals surface area contributed by atoms with Crippen LogP contribution in [0.1, 0.15) is 0 Å². The first-order valence-electron chi connectivity index (χ1n) is 25.1. The molecule has 0 fully saturated rings. The average molecular weight is 946 g/mol. The zero-order chi connectivity index (χ0) is 49.0. The number of hydrogen-bond acceptors (Lipinski definition) is 3. The highest BCUT2D eigenvalue weighted by molar-refractivity contribution is 6.13. The molecular formula is C69H45N4O+. The molecule has 0 atom stereocenters. The second-order valence-corrected chi connectivity index (χ2v) is 18.8. The van der Waals surface area contributed by atoms with E-state index in [2.05, 4.69) is 241 Å². The van der Waals surface area contributed by atoms with Crippen LogP contribution in [0.2, 0.25) is 0 Å². The molecule has 74 heavy (non-hydrogen) atoms. The zero-order valence-electron chi connectivity index (χ0n) is 40.2. The van der Waals surface area contributed by atoms with Crippen molar-refractivity contribution >= 4 is 38.4 Å². The number of hydrogen-bond donors (Lipinski definition) is 0. The molecule has 5 heteroatoms. The van der Waals surface area contributed by atoms with Gasteiger partial charge in [-0.3, -0.25) is 0 Å². The molecule has 0 saturated heterocycles. The SMILES string of the molecule is c1ccc(-c2ccc(-c3cc(-c4nc(-c5ccccc5)nc5c6ccccc6o[n+]45)cc(-c4ccc(-c5ccccc5)cc4)c3-n3c4ccc(-c5ccccc5)cc4c4cc(-c5ccccc5)ccc43)cc2)cc1. The van der Waals surface area contributed by atoms with Gasteiger partial charge in [-0.2, -0.15) is 0 Å². The van der Waals surface area contributed by atoms with E-state index in [1.807, 2.05) is 41.0 Å². The molecule has 11 aromatic carbocycles. The van der Waals surface area contributed by atoms with Gasteiger partial charge in [0.1, 0.15) is 5.39 Å². The van der Waals surface area contributed by atoms with Crippen LogP contribution in [0.4, 0.5) is 0 Å². The molecule has 14 aromatic rings. The van der Waals surface area contributed by atoms with Gasteiger partial charge >= 0.3 is 17.3 Å². The van der Waals surface area contributed by atoms with Gasteiger partial charge < -0.3 is 9.09 Å². The summed E-state index contributed by atoms with van der Waals surface area (Å²) in [5.41, 5.74) is 20.0. The van der Waals surface area contributed by atoms with Gasteiger partial charge in [0.25, 0.3) is 0 Å². The van der Waals surface area contributed by atoms with Gasteiger partial charge in [0.05, 0.1) is 27.8 Å². The summed E-state index contributed by atoms with van der Waals surface area (Å²) < 4.78 is 11.1. The van der Waals surface area contributed by atoms with Gasteiger partial charge in [0, 0.05) is 21.9 Å². The van der Waals surface area contributed by atoms with Crippen molar-refractivity contribution in [1.29, 1.82) is 0 Å². The third-order valence-corrected chi connectivity index (χ3v) is 14.3. The van der Waals surface area contributed by atoms with Crippen LogP contribution < -0.4 is 4.57 Å². The van der Waals surface area contributed by atoms with E-state index in [9.17, 15) is 0 Å². The lowest BCUT2D eigenvalue weighted by Gasteiger charge is -2.21.